The molecule has 3 rings (SSSR count). The predicted molar refractivity (Wildman–Crippen MR) is 89.9 cm³/mol. The van der Waals surface area contributed by atoms with Crippen LogP contribution in [0.1, 0.15) is 22.7 Å². The summed E-state index contributed by atoms with van der Waals surface area (Å²) in [6, 6.07) is 27.9. The zero-order chi connectivity index (χ0) is 15.1. The van der Waals surface area contributed by atoms with Crippen LogP contribution in [0.2, 0.25) is 0 Å². The summed E-state index contributed by atoms with van der Waals surface area (Å²) in [5.41, 5.74) is 4.10. The van der Waals surface area contributed by atoms with Gasteiger partial charge in [-0.25, -0.2) is 24.3 Å². The number of benzene rings is 1. The Labute approximate surface area is 164 Å². The van der Waals surface area contributed by atoms with Gasteiger partial charge in [-0.15, -0.1) is 0 Å². The molecule has 0 radical (unpaired) electrons. The molecule has 0 aromatic heterocycles. The number of hydrogen-bond donors (Lipinski definition) is 1. The molecule has 1 unspecified atom stereocenters. The van der Waals surface area contributed by atoms with Gasteiger partial charge in [0.05, 0.1) is 20.1 Å². The molecule has 1 atom stereocenters. The molecular formula is C20H24Li2N+. The maximum absolute atomic E-state index is 2.24. The van der Waals surface area contributed by atoms with Gasteiger partial charge in [-0.3, -0.25) is 0 Å². The Bertz CT molecular complexity index is 578. The van der Waals surface area contributed by atoms with Crippen LogP contribution in [0, 0.1) is 6.92 Å². The molecule has 0 saturated heterocycles. The maximum Gasteiger partial charge on any atom is 1.00 e. The summed E-state index contributed by atoms with van der Waals surface area (Å²) in [4.78, 5) is 1.44. The van der Waals surface area contributed by atoms with Crippen molar-refractivity contribution < 1.29 is 42.6 Å². The van der Waals surface area contributed by atoms with E-state index < -0.39 is 0 Å². The van der Waals surface area contributed by atoms with Crippen molar-refractivity contribution in [1.29, 1.82) is 0 Å². The van der Waals surface area contributed by atoms with Crippen LogP contribution in [0.5, 0.6) is 0 Å². The molecule has 0 amide bonds. The quantitative estimate of drug-likeness (QED) is 0.398. The fourth-order valence-corrected chi connectivity index (χ4v) is 2.52. The van der Waals surface area contributed by atoms with Crippen molar-refractivity contribution >= 4 is 0 Å². The van der Waals surface area contributed by atoms with E-state index in [4.69, 9.17) is 0 Å². The van der Waals surface area contributed by atoms with Gasteiger partial charge >= 0.3 is 37.7 Å². The van der Waals surface area contributed by atoms with Gasteiger partial charge in [-0.05, 0) is 6.92 Å². The molecule has 0 aliphatic rings. The Hall–Kier alpha value is -0.925. The van der Waals surface area contributed by atoms with E-state index in [2.05, 4.69) is 69.6 Å². The number of quaternary nitrogens is 1. The van der Waals surface area contributed by atoms with E-state index >= 15 is 0 Å². The van der Waals surface area contributed by atoms with Crippen LogP contribution in [0.3, 0.4) is 0 Å². The summed E-state index contributed by atoms with van der Waals surface area (Å²) in [7, 11) is 4.41. The fourth-order valence-electron chi connectivity index (χ4n) is 2.52. The Kier molecular flexibility index (Phi) is 11.1. The molecule has 1 N–H and O–H groups in total. The standard InChI is InChI=1S/C15H18N.C5H5.2Li/c1-12-8-10-14(11-9-12)15(16(2)3)13-6-4-5-7-13;1-2-4-5-3-1;;/h4-11,15H,1-3H3;1-5H;;/q2*-1;2*+1/p+1. The van der Waals surface area contributed by atoms with Gasteiger partial charge in [0.25, 0.3) is 0 Å². The van der Waals surface area contributed by atoms with E-state index in [9.17, 15) is 0 Å². The van der Waals surface area contributed by atoms with Crippen molar-refractivity contribution in [3.63, 3.8) is 0 Å². The van der Waals surface area contributed by atoms with Crippen molar-refractivity contribution in [2.75, 3.05) is 14.1 Å². The second-order valence-corrected chi connectivity index (χ2v) is 5.60. The smallest absolute Gasteiger partial charge is 0.340 e. The fraction of sp³-hybridized carbons (Fsp3) is 0.200. The van der Waals surface area contributed by atoms with E-state index in [1.807, 2.05) is 30.3 Å². The molecule has 3 aromatic carbocycles. The molecule has 0 fully saturated rings. The number of aryl methyl sites for hydroxylation is 1. The minimum atomic E-state index is 0. The first-order chi connectivity index (χ1) is 10.2. The Morgan fingerprint density at radius 2 is 1.39 bits per heavy atom. The van der Waals surface area contributed by atoms with Crippen molar-refractivity contribution in [1.82, 2.24) is 0 Å². The van der Waals surface area contributed by atoms with E-state index in [0.717, 1.165) is 0 Å². The topological polar surface area (TPSA) is 4.44 Å². The van der Waals surface area contributed by atoms with E-state index in [1.165, 1.54) is 21.6 Å². The van der Waals surface area contributed by atoms with Gasteiger partial charge in [-0.1, -0.05) is 35.4 Å². The van der Waals surface area contributed by atoms with Gasteiger partial charge in [0.2, 0.25) is 0 Å². The van der Waals surface area contributed by atoms with Crippen LogP contribution in [-0.2, 0) is 0 Å². The number of nitrogens with one attached hydrogen (secondary N) is 1. The van der Waals surface area contributed by atoms with Crippen LogP contribution in [-0.4, -0.2) is 14.1 Å². The van der Waals surface area contributed by atoms with Gasteiger partial charge in [0.1, 0.15) is 0 Å². The molecule has 23 heavy (non-hydrogen) atoms. The largest absolute Gasteiger partial charge is 1.00 e. The third kappa shape index (κ3) is 7.01. The molecule has 0 bridgehead atoms. The van der Waals surface area contributed by atoms with Crippen molar-refractivity contribution in [3.05, 3.63) is 95.6 Å². The van der Waals surface area contributed by atoms with Gasteiger partial charge in [0, 0.05) is 5.56 Å². The minimum absolute atomic E-state index is 0. The molecule has 0 spiro atoms. The van der Waals surface area contributed by atoms with E-state index in [1.54, 1.807) is 0 Å². The summed E-state index contributed by atoms with van der Waals surface area (Å²) in [5, 5.41) is 0. The van der Waals surface area contributed by atoms with Crippen LogP contribution < -0.4 is 42.6 Å². The summed E-state index contributed by atoms with van der Waals surface area (Å²) in [6.07, 6.45) is 0. The molecule has 0 aliphatic heterocycles. The number of rotatable bonds is 3. The molecule has 3 aromatic rings. The van der Waals surface area contributed by atoms with Crippen molar-refractivity contribution in [3.8, 4) is 0 Å². The summed E-state index contributed by atoms with van der Waals surface area (Å²) in [6.45, 7) is 2.13. The third-order valence-electron chi connectivity index (χ3n) is 3.57. The average molecular weight is 292 g/mol. The van der Waals surface area contributed by atoms with Crippen molar-refractivity contribution in [2.45, 2.75) is 13.0 Å². The summed E-state index contributed by atoms with van der Waals surface area (Å²) >= 11 is 0. The second kappa shape index (κ2) is 11.6. The Morgan fingerprint density at radius 3 is 1.78 bits per heavy atom. The Balaban J connectivity index is 0.000000595. The molecule has 0 aliphatic carbocycles. The van der Waals surface area contributed by atoms with Crippen molar-refractivity contribution in [2.24, 2.45) is 0 Å². The molecule has 0 heterocycles. The SMILES string of the molecule is Cc1ccc(C([c-]2cccc2)[NH+](C)C)cc1.[Li+].[Li+].c1cc[cH-]c1. The first kappa shape index (κ1) is 22.1. The molecule has 110 valence electrons. The zero-order valence-corrected chi connectivity index (χ0v) is 15.1. The molecule has 0 saturated carbocycles. The van der Waals surface area contributed by atoms with Crippen LogP contribution in [0.25, 0.3) is 0 Å². The second-order valence-electron chi connectivity index (χ2n) is 5.60. The summed E-state index contributed by atoms with van der Waals surface area (Å²) in [5.74, 6) is 0. The molecule has 1 nitrogen and oxygen atoms in total. The first-order valence-corrected chi connectivity index (χ1v) is 7.43. The maximum atomic E-state index is 2.24. The third-order valence-corrected chi connectivity index (χ3v) is 3.57. The van der Waals surface area contributed by atoms with Gasteiger partial charge < -0.3 is 4.90 Å². The van der Waals surface area contributed by atoms with Gasteiger partial charge in [-0.2, -0.15) is 30.3 Å². The van der Waals surface area contributed by atoms with Crippen LogP contribution in [0.15, 0.2) is 78.9 Å². The Morgan fingerprint density at radius 1 is 0.870 bits per heavy atom. The monoisotopic (exact) mass is 292 g/mol. The molecular weight excluding hydrogens is 268 g/mol. The number of hydrogen-bond acceptors (Lipinski definition) is 0. The predicted octanol–water partition coefficient (Wildman–Crippen LogP) is -2.64. The minimum Gasteiger partial charge on any atom is -0.340 e. The first-order valence-electron chi connectivity index (χ1n) is 7.43. The zero-order valence-electron chi connectivity index (χ0n) is 15.1. The average Bonchev–Trinajstić information content (AvgIpc) is 3.16. The molecule has 3 heteroatoms. The van der Waals surface area contributed by atoms with Crippen LogP contribution in [0.4, 0.5) is 0 Å². The van der Waals surface area contributed by atoms with E-state index in [0.29, 0.717) is 6.04 Å². The van der Waals surface area contributed by atoms with Gasteiger partial charge in [0.15, 0.2) is 0 Å². The summed E-state index contributed by atoms with van der Waals surface area (Å²) < 4.78 is 0. The van der Waals surface area contributed by atoms with E-state index in [-0.39, 0.29) is 37.7 Å². The van der Waals surface area contributed by atoms with Crippen LogP contribution >= 0.6 is 0 Å². The normalized spacial score (nSPS) is 10.8.